The van der Waals surface area contributed by atoms with Gasteiger partial charge in [0, 0.05) is 47.6 Å². The monoisotopic (exact) mass is 403 g/mol. The Morgan fingerprint density at radius 3 is 2.17 bits per heavy atom. The highest BCUT2D eigenvalue weighted by atomic mass is 15.0. The smallest absolute Gasteiger partial charge is 0.235 e. The average Bonchev–Trinajstić information content (AvgIpc) is 2.98. The molecule has 0 unspecified atom stereocenters. The molecule has 0 aliphatic heterocycles. The minimum Gasteiger partial charge on any atom is -0.239 e. The van der Waals surface area contributed by atoms with Crippen molar-refractivity contribution in [3.05, 3.63) is 60.4 Å². The molecule has 0 fully saturated rings. The fourth-order valence-electron chi connectivity index (χ4n) is 4.48. The van der Waals surface area contributed by atoms with E-state index in [2.05, 4.69) is 97.6 Å². The fraction of sp³-hybridized carbons (Fsp3) is 0.462. The van der Waals surface area contributed by atoms with Gasteiger partial charge in [-0.05, 0) is 13.8 Å². The SMILES string of the molecule is CCCC[n+]1ccc(-c2c[n+](C)c3c(n2)C(C)(C)c2c[n+](CCCC)ccc2-3)cc1. The Bertz CT molecular complexity index is 1050. The van der Waals surface area contributed by atoms with Crippen molar-refractivity contribution >= 4 is 0 Å². The van der Waals surface area contributed by atoms with Crippen LogP contribution in [0.4, 0.5) is 0 Å². The minimum absolute atomic E-state index is 0.108. The summed E-state index contributed by atoms with van der Waals surface area (Å²) in [5, 5.41) is 0. The molecule has 0 saturated carbocycles. The molecule has 0 bridgehead atoms. The molecule has 0 radical (unpaired) electrons. The van der Waals surface area contributed by atoms with Gasteiger partial charge < -0.3 is 0 Å². The van der Waals surface area contributed by atoms with Gasteiger partial charge in [0.2, 0.25) is 5.69 Å². The van der Waals surface area contributed by atoms with Crippen LogP contribution < -0.4 is 13.7 Å². The van der Waals surface area contributed by atoms with Gasteiger partial charge in [-0.15, -0.1) is 0 Å². The highest BCUT2D eigenvalue weighted by Crippen LogP contribution is 2.45. The van der Waals surface area contributed by atoms with Crippen molar-refractivity contribution in [1.82, 2.24) is 4.98 Å². The van der Waals surface area contributed by atoms with Gasteiger partial charge in [-0.2, -0.15) is 4.57 Å². The number of hydrogen-bond donors (Lipinski definition) is 0. The van der Waals surface area contributed by atoms with Gasteiger partial charge in [0.25, 0.3) is 0 Å². The van der Waals surface area contributed by atoms with Crippen molar-refractivity contribution in [3.8, 4) is 22.5 Å². The molecule has 3 heterocycles. The summed E-state index contributed by atoms with van der Waals surface area (Å²) in [5.41, 5.74) is 7.22. The summed E-state index contributed by atoms with van der Waals surface area (Å²) >= 11 is 0. The zero-order chi connectivity index (χ0) is 21.3. The number of aryl methyl sites for hydroxylation is 3. The zero-order valence-electron chi connectivity index (χ0n) is 19.2. The van der Waals surface area contributed by atoms with Crippen LogP contribution in [0.2, 0.25) is 0 Å². The Hall–Kier alpha value is -2.62. The van der Waals surface area contributed by atoms with Gasteiger partial charge in [0.15, 0.2) is 31.0 Å². The molecule has 0 aromatic carbocycles. The minimum atomic E-state index is -0.108. The quantitative estimate of drug-likeness (QED) is 0.546. The van der Waals surface area contributed by atoms with Crippen molar-refractivity contribution in [2.75, 3.05) is 0 Å². The van der Waals surface area contributed by atoms with Gasteiger partial charge in [0.1, 0.15) is 31.5 Å². The van der Waals surface area contributed by atoms with E-state index in [1.807, 2.05) is 0 Å². The Labute approximate surface area is 180 Å². The second-order valence-corrected chi connectivity index (χ2v) is 9.10. The summed E-state index contributed by atoms with van der Waals surface area (Å²) in [7, 11) is 2.15. The maximum Gasteiger partial charge on any atom is 0.235 e. The third-order valence-electron chi connectivity index (χ3n) is 6.39. The molecule has 4 heteroatoms. The highest BCUT2D eigenvalue weighted by Gasteiger charge is 2.44. The maximum atomic E-state index is 5.20. The van der Waals surface area contributed by atoms with Gasteiger partial charge >= 0.3 is 0 Å². The number of rotatable bonds is 7. The Morgan fingerprint density at radius 1 is 0.867 bits per heavy atom. The first kappa shape index (κ1) is 20.6. The number of unbranched alkanes of at least 4 members (excludes halogenated alkanes) is 2. The summed E-state index contributed by atoms with van der Waals surface area (Å²) in [6.07, 6.45) is 15.9. The van der Waals surface area contributed by atoms with Gasteiger partial charge in [-0.25, -0.2) is 14.1 Å². The van der Waals surface area contributed by atoms with Crippen LogP contribution in [0.5, 0.6) is 0 Å². The predicted molar refractivity (Wildman–Crippen MR) is 119 cm³/mol. The molecule has 0 amide bonds. The molecule has 0 spiro atoms. The molecule has 4 nitrogen and oxygen atoms in total. The summed E-state index contributed by atoms with van der Waals surface area (Å²) in [6.45, 7) is 11.2. The van der Waals surface area contributed by atoms with Crippen molar-refractivity contribution in [2.24, 2.45) is 7.05 Å². The number of nitrogens with zero attached hydrogens (tertiary/aromatic N) is 4. The number of pyridine rings is 2. The van der Waals surface area contributed by atoms with Crippen LogP contribution in [0.3, 0.4) is 0 Å². The second kappa shape index (κ2) is 8.25. The molecule has 1 aliphatic carbocycles. The first-order valence-corrected chi connectivity index (χ1v) is 11.4. The average molecular weight is 404 g/mol. The molecule has 3 aromatic rings. The van der Waals surface area contributed by atoms with E-state index in [-0.39, 0.29) is 5.41 Å². The molecular weight excluding hydrogens is 368 g/mol. The molecule has 0 N–H and O–H groups in total. The highest BCUT2D eigenvalue weighted by molar-refractivity contribution is 5.74. The van der Waals surface area contributed by atoms with Crippen LogP contribution in [-0.2, 0) is 25.6 Å². The Kier molecular flexibility index (Phi) is 5.68. The summed E-state index contributed by atoms with van der Waals surface area (Å²) in [6, 6.07) is 6.66. The molecular formula is C26H35N4+3. The second-order valence-electron chi connectivity index (χ2n) is 9.10. The molecule has 3 aromatic heterocycles. The third kappa shape index (κ3) is 3.64. The van der Waals surface area contributed by atoms with E-state index in [1.54, 1.807) is 0 Å². The molecule has 0 atom stereocenters. The number of aromatic nitrogens is 4. The number of fused-ring (bicyclic) bond motifs is 3. The van der Waals surface area contributed by atoms with Crippen LogP contribution in [0.15, 0.2) is 49.2 Å². The van der Waals surface area contributed by atoms with Crippen molar-refractivity contribution < 1.29 is 13.7 Å². The molecule has 30 heavy (non-hydrogen) atoms. The lowest BCUT2D eigenvalue weighted by molar-refractivity contribution is -0.697. The summed E-state index contributed by atoms with van der Waals surface area (Å²) in [4.78, 5) is 5.20. The van der Waals surface area contributed by atoms with Crippen LogP contribution in [-0.4, -0.2) is 4.98 Å². The van der Waals surface area contributed by atoms with E-state index >= 15 is 0 Å². The number of hydrogen-bond acceptors (Lipinski definition) is 1. The van der Waals surface area contributed by atoms with E-state index < -0.39 is 0 Å². The topological polar surface area (TPSA) is 24.5 Å². The molecule has 1 aliphatic rings. The van der Waals surface area contributed by atoms with Gasteiger partial charge in [0.05, 0.1) is 5.56 Å². The molecule has 156 valence electrons. The van der Waals surface area contributed by atoms with Gasteiger partial charge in [-0.3, -0.25) is 0 Å². The summed E-state index contributed by atoms with van der Waals surface area (Å²) in [5.74, 6) is 0. The standard InChI is InChI=1S/C26H35N4/c1-6-8-13-29-15-10-20(11-16-29)23-19-28(5)24-21-12-17-30(14-9-7-2)18-22(21)26(3,4)25(24)27-23/h10-12,15-19H,6-9,13-14H2,1-5H3/q+3. The van der Waals surface area contributed by atoms with Crippen LogP contribution in [0.25, 0.3) is 22.5 Å². The van der Waals surface area contributed by atoms with Crippen molar-refractivity contribution in [1.29, 1.82) is 0 Å². The first-order valence-electron chi connectivity index (χ1n) is 11.4. The largest absolute Gasteiger partial charge is 0.239 e. The van der Waals surface area contributed by atoms with Crippen LogP contribution in [0.1, 0.15) is 64.6 Å². The van der Waals surface area contributed by atoms with E-state index in [1.165, 1.54) is 53.8 Å². The van der Waals surface area contributed by atoms with E-state index in [9.17, 15) is 0 Å². The normalized spacial score (nSPS) is 13.9. The lowest BCUT2D eigenvalue weighted by atomic mass is 9.86. The zero-order valence-corrected chi connectivity index (χ0v) is 19.2. The fourth-order valence-corrected chi connectivity index (χ4v) is 4.48. The Morgan fingerprint density at radius 2 is 1.50 bits per heavy atom. The van der Waals surface area contributed by atoms with Crippen LogP contribution >= 0.6 is 0 Å². The summed E-state index contributed by atoms with van der Waals surface area (Å²) < 4.78 is 6.86. The maximum absolute atomic E-state index is 5.20. The molecule has 4 rings (SSSR count). The van der Waals surface area contributed by atoms with Crippen molar-refractivity contribution in [2.45, 2.75) is 71.9 Å². The lowest BCUT2D eigenvalue weighted by Gasteiger charge is -2.17. The van der Waals surface area contributed by atoms with Crippen molar-refractivity contribution in [3.63, 3.8) is 0 Å². The van der Waals surface area contributed by atoms with Crippen LogP contribution in [0, 0.1) is 0 Å². The lowest BCUT2D eigenvalue weighted by Crippen LogP contribution is -2.34. The Balaban J connectivity index is 1.73. The van der Waals surface area contributed by atoms with E-state index in [0.29, 0.717) is 0 Å². The van der Waals surface area contributed by atoms with E-state index in [4.69, 9.17) is 4.98 Å². The predicted octanol–water partition coefficient (Wildman–Crippen LogP) is 4.05. The van der Waals surface area contributed by atoms with Gasteiger partial charge in [-0.1, -0.05) is 26.7 Å². The first-order chi connectivity index (χ1) is 14.5. The molecule has 0 saturated heterocycles. The third-order valence-corrected chi connectivity index (χ3v) is 6.39. The van der Waals surface area contributed by atoms with E-state index in [0.717, 1.165) is 18.8 Å².